The first kappa shape index (κ1) is 19.0. The number of ether oxygens (including phenoxy) is 2. The first-order valence-electron chi connectivity index (χ1n) is 7.79. The highest BCUT2D eigenvalue weighted by Crippen LogP contribution is 2.25. The van der Waals surface area contributed by atoms with E-state index in [1.165, 1.54) is 23.9 Å². The van der Waals surface area contributed by atoms with Crippen LogP contribution in [-0.2, 0) is 12.3 Å². The van der Waals surface area contributed by atoms with E-state index in [9.17, 15) is 13.2 Å². The number of aromatic nitrogens is 4. The van der Waals surface area contributed by atoms with E-state index in [1.54, 1.807) is 23.9 Å². The highest BCUT2D eigenvalue weighted by atomic mass is 32.2. The van der Waals surface area contributed by atoms with E-state index in [2.05, 4.69) is 20.3 Å². The van der Waals surface area contributed by atoms with Gasteiger partial charge < -0.3 is 9.47 Å². The minimum atomic E-state index is -4.69. The Bertz CT molecular complexity index is 867. The minimum absolute atomic E-state index is 0.249. The molecule has 0 radical (unpaired) electrons. The molecule has 0 aliphatic rings. The maximum atomic E-state index is 12.2. The molecule has 3 aromatic rings. The Labute approximate surface area is 157 Å². The zero-order valence-corrected chi connectivity index (χ0v) is 15.0. The largest absolute Gasteiger partial charge is 0.573 e. The van der Waals surface area contributed by atoms with Gasteiger partial charge in [-0.15, -0.1) is 18.3 Å². The van der Waals surface area contributed by atoms with Gasteiger partial charge in [-0.2, -0.15) is 0 Å². The van der Waals surface area contributed by atoms with E-state index in [4.69, 9.17) is 4.74 Å². The summed E-state index contributed by atoms with van der Waals surface area (Å²) < 4.78 is 47.2. The second kappa shape index (κ2) is 8.30. The third kappa shape index (κ3) is 5.61. The molecular weight excluding hydrogens is 381 g/mol. The average molecular weight is 396 g/mol. The Morgan fingerprint density at radius 3 is 2.22 bits per heavy atom. The molecule has 27 heavy (non-hydrogen) atoms. The third-order valence-electron chi connectivity index (χ3n) is 3.52. The summed E-state index contributed by atoms with van der Waals surface area (Å²) in [7, 11) is 1.60. The van der Waals surface area contributed by atoms with Gasteiger partial charge in [0.1, 0.15) is 11.5 Å². The zero-order valence-electron chi connectivity index (χ0n) is 14.2. The van der Waals surface area contributed by atoms with Crippen LogP contribution >= 0.6 is 11.8 Å². The quantitative estimate of drug-likeness (QED) is 0.564. The van der Waals surface area contributed by atoms with Gasteiger partial charge in [0.05, 0.1) is 13.7 Å². The number of rotatable bonds is 7. The lowest BCUT2D eigenvalue weighted by atomic mass is 10.2. The van der Waals surface area contributed by atoms with Crippen LogP contribution in [0.15, 0.2) is 53.7 Å². The molecule has 0 saturated carbocycles. The number of hydrogen-bond donors (Lipinski definition) is 0. The first-order valence-corrected chi connectivity index (χ1v) is 8.78. The van der Waals surface area contributed by atoms with Crippen molar-refractivity contribution in [1.29, 1.82) is 0 Å². The van der Waals surface area contributed by atoms with E-state index in [0.29, 0.717) is 17.5 Å². The van der Waals surface area contributed by atoms with E-state index in [-0.39, 0.29) is 5.75 Å². The molecule has 3 rings (SSSR count). The average Bonchev–Trinajstić information content (AvgIpc) is 3.07. The smallest absolute Gasteiger partial charge is 0.497 e. The monoisotopic (exact) mass is 396 g/mol. The minimum Gasteiger partial charge on any atom is -0.497 e. The van der Waals surface area contributed by atoms with Crippen LogP contribution in [0.25, 0.3) is 0 Å². The number of thioether (sulfide) groups is 1. The highest BCUT2D eigenvalue weighted by Gasteiger charge is 2.30. The lowest BCUT2D eigenvalue weighted by Gasteiger charge is -2.09. The number of benzene rings is 2. The SMILES string of the molecule is COc1ccc(Cn2nnnc2SCc2ccc(OC(F)(F)F)cc2)cc1. The summed E-state index contributed by atoms with van der Waals surface area (Å²) >= 11 is 1.39. The summed E-state index contributed by atoms with van der Waals surface area (Å²) in [5.74, 6) is 1.03. The summed E-state index contributed by atoms with van der Waals surface area (Å²) in [6, 6.07) is 13.3. The maximum Gasteiger partial charge on any atom is 0.573 e. The van der Waals surface area contributed by atoms with Gasteiger partial charge in [0, 0.05) is 5.75 Å². The van der Waals surface area contributed by atoms with E-state index >= 15 is 0 Å². The second-order valence-corrected chi connectivity index (χ2v) is 6.39. The zero-order chi connectivity index (χ0) is 19.3. The topological polar surface area (TPSA) is 62.1 Å². The van der Waals surface area contributed by atoms with Crippen molar-refractivity contribution in [2.24, 2.45) is 0 Å². The summed E-state index contributed by atoms with van der Waals surface area (Å²) in [5.41, 5.74) is 1.84. The standard InChI is InChI=1S/C17H15F3N4O2S/c1-25-14-6-2-12(3-7-14)10-24-16(21-22-23-24)27-11-13-4-8-15(9-5-13)26-17(18,19)20/h2-9H,10-11H2,1H3. The lowest BCUT2D eigenvalue weighted by molar-refractivity contribution is -0.274. The fraction of sp³-hybridized carbons (Fsp3) is 0.235. The van der Waals surface area contributed by atoms with Crippen LogP contribution in [0.4, 0.5) is 13.2 Å². The van der Waals surface area contributed by atoms with E-state index in [1.807, 2.05) is 24.3 Å². The van der Waals surface area contributed by atoms with Crippen LogP contribution in [0.2, 0.25) is 0 Å². The molecule has 0 aliphatic carbocycles. The molecular formula is C17H15F3N4O2S. The Balaban J connectivity index is 1.59. The summed E-state index contributed by atoms with van der Waals surface area (Å²) in [6.45, 7) is 0.498. The molecule has 10 heteroatoms. The first-order chi connectivity index (χ1) is 12.9. The van der Waals surface area contributed by atoms with Crippen LogP contribution in [0.5, 0.6) is 11.5 Å². The molecule has 6 nitrogen and oxygen atoms in total. The number of nitrogens with zero attached hydrogens (tertiary/aromatic N) is 4. The summed E-state index contributed by atoms with van der Waals surface area (Å²) in [5, 5.41) is 12.3. The van der Waals surface area contributed by atoms with E-state index in [0.717, 1.165) is 16.9 Å². The number of hydrogen-bond acceptors (Lipinski definition) is 6. The van der Waals surface area contributed by atoms with Gasteiger partial charge in [-0.25, -0.2) is 4.68 Å². The Morgan fingerprint density at radius 2 is 1.59 bits per heavy atom. The number of halogens is 3. The van der Waals surface area contributed by atoms with Crippen molar-refractivity contribution in [1.82, 2.24) is 20.2 Å². The van der Waals surface area contributed by atoms with Crippen molar-refractivity contribution < 1.29 is 22.6 Å². The van der Waals surface area contributed by atoms with Gasteiger partial charge in [0.25, 0.3) is 0 Å². The number of methoxy groups -OCH3 is 1. The van der Waals surface area contributed by atoms with Gasteiger partial charge in [-0.3, -0.25) is 0 Å². The van der Waals surface area contributed by atoms with Crippen molar-refractivity contribution in [2.45, 2.75) is 23.8 Å². The Kier molecular flexibility index (Phi) is 5.84. The molecule has 0 amide bonds. The predicted octanol–water partition coefficient (Wildman–Crippen LogP) is 3.92. The van der Waals surface area contributed by atoms with Crippen molar-refractivity contribution in [3.05, 3.63) is 59.7 Å². The normalized spacial score (nSPS) is 11.4. The molecule has 1 heterocycles. The predicted molar refractivity (Wildman–Crippen MR) is 92.6 cm³/mol. The molecule has 142 valence electrons. The van der Waals surface area contributed by atoms with Crippen LogP contribution in [-0.4, -0.2) is 33.7 Å². The van der Waals surface area contributed by atoms with Crippen LogP contribution in [0.1, 0.15) is 11.1 Å². The second-order valence-electron chi connectivity index (χ2n) is 5.45. The number of tetrazole rings is 1. The molecule has 0 fully saturated rings. The van der Waals surface area contributed by atoms with Crippen molar-refractivity contribution >= 4 is 11.8 Å². The molecule has 0 aliphatic heterocycles. The van der Waals surface area contributed by atoms with Crippen LogP contribution in [0, 0.1) is 0 Å². The highest BCUT2D eigenvalue weighted by molar-refractivity contribution is 7.98. The molecule has 0 atom stereocenters. The van der Waals surface area contributed by atoms with Crippen molar-refractivity contribution in [2.75, 3.05) is 7.11 Å². The van der Waals surface area contributed by atoms with Gasteiger partial charge in [0.15, 0.2) is 0 Å². The molecule has 1 aromatic heterocycles. The van der Waals surface area contributed by atoms with Crippen molar-refractivity contribution in [3.8, 4) is 11.5 Å². The lowest BCUT2D eigenvalue weighted by Crippen LogP contribution is -2.16. The van der Waals surface area contributed by atoms with Gasteiger partial charge >= 0.3 is 6.36 Å². The van der Waals surface area contributed by atoms with Crippen LogP contribution in [0.3, 0.4) is 0 Å². The molecule has 0 unspecified atom stereocenters. The summed E-state index contributed by atoms with van der Waals surface area (Å²) in [4.78, 5) is 0. The fourth-order valence-electron chi connectivity index (χ4n) is 2.24. The molecule has 0 bridgehead atoms. The molecule has 0 N–H and O–H groups in total. The Hall–Kier alpha value is -2.75. The van der Waals surface area contributed by atoms with Crippen LogP contribution < -0.4 is 9.47 Å². The van der Waals surface area contributed by atoms with Gasteiger partial charge in [-0.05, 0) is 45.8 Å². The molecule has 2 aromatic carbocycles. The van der Waals surface area contributed by atoms with Gasteiger partial charge in [-0.1, -0.05) is 36.0 Å². The third-order valence-corrected chi connectivity index (χ3v) is 4.54. The van der Waals surface area contributed by atoms with E-state index < -0.39 is 6.36 Å². The molecule has 0 spiro atoms. The maximum absolute atomic E-state index is 12.2. The summed E-state index contributed by atoms with van der Waals surface area (Å²) in [6.07, 6.45) is -4.69. The Morgan fingerprint density at radius 1 is 0.963 bits per heavy atom. The number of alkyl halides is 3. The molecule has 0 saturated heterocycles. The fourth-order valence-corrected chi connectivity index (χ4v) is 3.07. The van der Waals surface area contributed by atoms with Crippen molar-refractivity contribution in [3.63, 3.8) is 0 Å². The van der Waals surface area contributed by atoms with Gasteiger partial charge in [0.2, 0.25) is 5.16 Å².